The first kappa shape index (κ1) is 8.26. The van der Waals surface area contributed by atoms with E-state index < -0.39 is 0 Å². The summed E-state index contributed by atoms with van der Waals surface area (Å²) in [5.74, 6) is 0.592. The molecule has 0 saturated carbocycles. The van der Waals surface area contributed by atoms with Crippen molar-refractivity contribution in [3.8, 4) is 0 Å². The Morgan fingerprint density at radius 2 is 2.31 bits per heavy atom. The summed E-state index contributed by atoms with van der Waals surface area (Å²) in [5.41, 5.74) is 6.80. The molecule has 0 aliphatic carbocycles. The van der Waals surface area contributed by atoms with Gasteiger partial charge in [0.05, 0.1) is 0 Å². The Labute approximate surface area is 81.1 Å². The molecule has 0 saturated heterocycles. The van der Waals surface area contributed by atoms with Gasteiger partial charge in [-0.2, -0.15) is 0 Å². The van der Waals surface area contributed by atoms with Gasteiger partial charge in [-0.1, -0.05) is 6.07 Å². The van der Waals surface area contributed by atoms with E-state index in [-0.39, 0.29) is 0 Å². The van der Waals surface area contributed by atoms with Gasteiger partial charge in [0.25, 0.3) is 0 Å². The van der Waals surface area contributed by atoms with Crippen molar-refractivity contribution in [3.05, 3.63) is 46.3 Å². The van der Waals surface area contributed by atoms with E-state index in [1.54, 1.807) is 17.5 Å². The molecule has 0 bridgehead atoms. The zero-order valence-corrected chi connectivity index (χ0v) is 7.92. The highest BCUT2D eigenvalue weighted by Gasteiger charge is 1.97. The summed E-state index contributed by atoms with van der Waals surface area (Å²) in [7, 11) is 0. The number of nitrogens with zero attached hydrogens (tertiary/aromatic N) is 1. The average Bonchev–Trinajstić information content (AvgIpc) is 2.57. The molecule has 0 unspecified atom stereocenters. The van der Waals surface area contributed by atoms with Crippen molar-refractivity contribution >= 4 is 17.2 Å². The Balaban J connectivity index is 2.19. The Morgan fingerprint density at radius 1 is 1.38 bits per heavy atom. The summed E-state index contributed by atoms with van der Waals surface area (Å²) in [4.78, 5) is 5.30. The lowest BCUT2D eigenvalue weighted by Crippen LogP contribution is -1.92. The second kappa shape index (κ2) is 3.58. The molecular formula is C10H10N2S. The quantitative estimate of drug-likeness (QED) is 0.789. The van der Waals surface area contributed by atoms with Crippen LogP contribution in [-0.4, -0.2) is 4.98 Å². The lowest BCUT2D eigenvalue weighted by Gasteiger charge is -1.98. The highest BCUT2D eigenvalue weighted by atomic mass is 32.1. The van der Waals surface area contributed by atoms with Crippen LogP contribution in [0.25, 0.3) is 0 Å². The molecule has 0 spiro atoms. The van der Waals surface area contributed by atoms with Gasteiger partial charge in [0.1, 0.15) is 5.82 Å². The first-order chi connectivity index (χ1) is 6.34. The van der Waals surface area contributed by atoms with Crippen LogP contribution >= 0.6 is 11.3 Å². The molecule has 3 heteroatoms. The maximum atomic E-state index is 5.58. The number of pyridine rings is 1. The molecule has 2 rings (SSSR count). The van der Waals surface area contributed by atoms with Gasteiger partial charge in [-0.3, -0.25) is 0 Å². The van der Waals surface area contributed by atoms with E-state index in [0.29, 0.717) is 5.82 Å². The molecule has 0 aromatic carbocycles. The zero-order chi connectivity index (χ0) is 9.10. The number of nitrogen functional groups attached to an aromatic ring is 1. The van der Waals surface area contributed by atoms with Gasteiger partial charge in [0.15, 0.2) is 0 Å². The van der Waals surface area contributed by atoms with Crippen molar-refractivity contribution in [3.63, 3.8) is 0 Å². The fourth-order valence-electron chi connectivity index (χ4n) is 1.22. The molecule has 2 N–H and O–H groups in total. The number of rotatable bonds is 2. The van der Waals surface area contributed by atoms with Crippen LogP contribution in [0.15, 0.2) is 35.8 Å². The summed E-state index contributed by atoms with van der Waals surface area (Å²) < 4.78 is 0. The number of aromatic nitrogens is 1. The van der Waals surface area contributed by atoms with Gasteiger partial charge in [0, 0.05) is 17.5 Å². The molecular weight excluding hydrogens is 180 g/mol. The van der Waals surface area contributed by atoms with E-state index >= 15 is 0 Å². The number of anilines is 1. The standard InChI is InChI=1S/C10H10N2S/c11-10-7-8(3-4-12-10)6-9-2-1-5-13-9/h1-5,7H,6H2,(H2,11,12). The van der Waals surface area contributed by atoms with E-state index in [1.165, 1.54) is 10.4 Å². The van der Waals surface area contributed by atoms with Crippen molar-refractivity contribution in [2.75, 3.05) is 5.73 Å². The molecule has 2 nitrogen and oxygen atoms in total. The van der Waals surface area contributed by atoms with Crippen LogP contribution in [0.3, 0.4) is 0 Å². The van der Waals surface area contributed by atoms with Crippen LogP contribution in [0.1, 0.15) is 10.4 Å². The van der Waals surface area contributed by atoms with Gasteiger partial charge < -0.3 is 5.73 Å². The van der Waals surface area contributed by atoms with Crippen molar-refractivity contribution in [2.24, 2.45) is 0 Å². The second-order valence-electron chi connectivity index (χ2n) is 2.85. The normalized spacial score (nSPS) is 10.2. The van der Waals surface area contributed by atoms with Crippen molar-refractivity contribution < 1.29 is 0 Å². The lowest BCUT2D eigenvalue weighted by molar-refractivity contribution is 1.20. The van der Waals surface area contributed by atoms with Gasteiger partial charge in [0.2, 0.25) is 0 Å². The van der Waals surface area contributed by atoms with Crippen LogP contribution in [-0.2, 0) is 6.42 Å². The molecule has 2 aromatic rings. The summed E-state index contributed by atoms with van der Waals surface area (Å²) in [6, 6.07) is 8.10. The molecule has 0 amide bonds. The van der Waals surface area contributed by atoms with E-state index in [9.17, 15) is 0 Å². The number of thiophene rings is 1. The molecule has 0 aliphatic heterocycles. The van der Waals surface area contributed by atoms with Crippen LogP contribution < -0.4 is 5.73 Å². The minimum Gasteiger partial charge on any atom is -0.384 e. The van der Waals surface area contributed by atoms with Crippen molar-refractivity contribution in [2.45, 2.75) is 6.42 Å². The largest absolute Gasteiger partial charge is 0.384 e. The monoisotopic (exact) mass is 190 g/mol. The Hall–Kier alpha value is -1.35. The van der Waals surface area contributed by atoms with Crippen LogP contribution in [0.2, 0.25) is 0 Å². The maximum Gasteiger partial charge on any atom is 0.123 e. The average molecular weight is 190 g/mol. The number of nitrogens with two attached hydrogens (primary N) is 1. The summed E-state index contributed by atoms with van der Waals surface area (Å²) in [6.07, 6.45) is 2.70. The number of hydrogen-bond acceptors (Lipinski definition) is 3. The predicted molar refractivity (Wildman–Crippen MR) is 55.8 cm³/mol. The Bertz CT molecular complexity index is 382. The first-order valence-corrected chi connectivity index (χ1v) is 4.95. The molecule has 0 aliphatic rings. The topological polar surface area (TPSA) is 38.9 Å². The fraction of sp³-hybridized carbons (Fsp3) is 0.100. The molecule has 2 heterocycles. The van der Waals surface area contributed by atoms with Gasteiger partial charge >= 0.3 is 0 Å². The van der Waals surface area contributed by atoms with Crippen LogP contribution in [0.4, 0.5) is 5.82 Å². The second-order valence-corrected chi connectivity index (χ2v) is 3.88. The van der Waals surface area contributed by atoms with Gasteiger partial charge in [-0.25, -0.2) is 4.98 Å². The van der Waals surface area contributed by atoms with Crippen molar-refractivity contribution in [1.82, 2.24) is 4.98 Å². The van der Waals surface area contributed by atoms with E-state index in [0.717, 1.165) is 6.42 Å². The minimum absolute atomic E-state index is 0.592. The number of hydrogen-bond donors (Lipinski definition) is 1. The van der Waals surface area contributed by atoms with Crippen LogP contribution in [0.5, 0.6) is 0 Å². The van der Waals surface area contributed by atoms with Gasteiger partial charge in [-0.15, -0.1) is 11.3 Å². The third kappa shape index (κ3) is 2.06. The summed E-state index contributed by atoms with van der Waals surface area (Å²) in [5, 5.41) is 2.08. The smallest absolute Gasteiger partial charge is 0.123 e. The minimum atomic E-state index is 0.592. The lowest BCUT2D eigenvalue weighted by atomic mass is 10.2. The van der Waals surface area contributed by atoms with Crippen molar-refractivity contribution in [1.29, 1.82) is 0 Å². The van der Waals surface area contributed by atoms with E-state index in [2.05, 4.69) is 22.5 Å². The molecule has 13 heavy (non-hydrogen) atoms. The summed E-state index contributed by atoms with van der Waals surface area (Å²) in [6.45, 7) is 0. The van der Waals surface area contributed by atoms with E-state index in [1.807, 2.05) is 12.1 Å². The fourth-order valence-corrected chi connectivity index (χ4v) is 1.96. The third-order valence-electron chi connectivity index (χ3n) is 1.80. The Kier molecular flexibility index (Phi) is 2.27. The molecule has 0 fully saturated rings. The highest BCUT2D eigenvalue weighted by molar-refractivity contribution is 7.09. The third-order valence-corrected chi connectivity index (χ3v) is 2.68. The molecule has 2 aromatic heterocycles. The summed E-state index contributed by atoms with van der Waals surface area (Å²) >= 11 is 1.76. The Morgan fingerprint density at radius 3 is 3.00 bits per heavy atom. The highest BCUT2D eigenvalue weighted by Crippen LogP contribution is 2.15. The molecule has 0 atom stereocenters. The SMILES string of the molecule is Nc1cc(Cc2cccs2)ccn1. The maximum absolute atomic E-state index is 5.58. The van der Waals surface area contributed by atoms with Crippen LogP contribution in [0, 0.1) is 0 Å². The predicted octanol–water partition coefficient (Wildman–Crippen LogP) is 2.32. The van der Waals surface area contributed by atoms with Gasteiger partial charge in [-0.05, 0) is 29.1 Å². The van der Waals surface area contributed by atoms with E-state index in [4.69, 9.17) is 5.73 Å². The molecule has 66 valence electrons. The molecule has 0 radical (unpaired) electrons. The first-order valence-electron chi connectivity index (χ1n) is 4.07. The zero-order valence-electron chi connectivity index (χ0n) is 7.10.